The van der Waals surface area contributed by atoms with Crippen LogP contribution in [0.25, 0.3) is 0 Å². The van der Waals surface area contributed by atoms with Crippen molar-refractivity contribution in [3.8, 4) is 11.5 Å². The summed E-state index contributed by atoms with van der Waals surface area (Å²) in [5, 5.41) is 19.7. The van der Waals surface area contributed by atoms with E-state index < -0.39 is 23.6 Å². The van der Waals surface area contributed by atoms with Gasteiger partial charge < -0.3 is 14.9 Å². The van der Waals surface area contributed by atoms with Crippen LogP contribution in [0.1, 0.15) is 42.1 Å². The van der Waals surface area contributed by atoms with Crippen molar-refractivity contribution in [2.24, 2.45) is 0 Å². The molecule has 1 aromatic carbocycles. The Morgan fingerprint density at radius 2 is 1.92 bits per heavy atom. The number of hydrogen-bond donors (Lipinski definition) is 2. The lowest BCUT2D eigenvalue weighted by Gasteiger charge is -2.16. The first-order valence-corrected chi connectivity index (χ1v) is 8.55. The fourth-order valence-electron chi connectivity index (χ4n) is 2.26. The highest BCUT2D eigenvalue weighted by Crippen LogP contribution is 2.37. The third kappa shape index (κ3) is 6.08. The first-order chi connectivity index (χ1) is 12.3. The third-order valence-electron chi connectivity index (χ3n) is 3.52. The Hall–Kier alpha value is -2.53. The zero-order valence-corrected chi connectivity index (χ0v) is 15.5. The first-order valence-electron chi connectivity index (χ1n) is 8.17. The van der Waals surface area contributed by atoms with Crippen molar-refractivity contribution >= 4 is 23.4 Å². The SMILES string of the molecule is C=CCC/C=C/C(=O)Cc1c(Cl)c(O)cc(O)c1C(=O)O[C@H](C)CC=C. The molecule has 0 radical (unpaired) electrons. The molecule has 140 valence electrons. The van der Waals surface area contributed by atoms with Gasteiger partial charge >= 0.3 is 5.97 Å². The van der Waals surface area contributed by atoms with E-state index in [0.29, 0.717) is 12.8 Å². The third-order valence-corrected chi connectivity index (χ3v) is 3.95. The number of phenols is 2. The van der Waals surface area contributed by atoms with Crippen molar-refractivity contribution in [3.05, 3.63) is 59.7 Å². The van der Waals surface area contributed by atoms with E-state index in [9.17, 15) is 19.8 Å². The summed E-state index contributed by atoms with van der Waals surface area (Å²) < 4.78 is 5.24. The van der Waals surface area contributed by atoms with Gasteiger partial charge in [-0.05, 0) is 25.8 Å². The second-order valence-electron chi connectivity index (χ2n) is 5.73. The van der Waals surface area contributed by atoms with Gasteiger partial charge in [0.25, 0.3) is 0 Å². The Labute approximate surface area is 158 Å². The van der Waals surface area contributed by atoms with E-state index in [0.717, 1.165) is 12.5 Å². The number of phenolic OH excluding ortho intramolecular Hbond substituents is 2. The molecule has 0 saturated carbocycles. The molecule has 0 spiro atoms. The van der Waals surface area contributed by atoms with E-state index in [1.165, 1.54) is 6.08 Å². The van der Waals surface area contributed by atoms with Crippen LogP contribution in [0, 0.1) is 0 Å². The number of aromatic hydroxyl groups is 2. The molecule has 26 heavy (non-hydrogen) atoms. The highest BCUT2D eigenvalue weighted by atomic mass is 35.5. The van der Waals surface area contributed by atoms with Gasteiger partial charge in [-0.25, -0.2) is 4.79 Å². The lowest BCUT2D eigenvalue weighted by Crippen LogP contribution is -2.17. The summed E-state index contributed by atoms with van der Waals surface area (Å²) in [6, 6.07) is 0.949. The topological polar surface area (TPSA) is 83.8 Å². The average Bonchev–Trinajstić information content (AvgIpc) is 2.56. The van der Waals surface area contributed by atoms with Crippen molar-refractivity contribution in [2.45, 2.75) is 38.7 Å². The van der Waals surface area contributed by atoms with Gasteiger partial charge in [-0.2, -0.15) is 0 Å². The standard InChI is InChI=1S/C20H23ClO5/c1-4-6-7-8-10-14(22)11-15-18(16(23)12-17(24)19(15)21)20(25)26-13(3)9-5-2/h4-5,8,10,12-13,23-24H,1-2,6-7,9,11H2,3H3/b10-8+/t13-/m1/s1. The van der Waals surface area contributed by atoms with Crippen LogP contribution >= 0.6 is 11.6 Å². The van der Waals surface area contributed by atoms with Gasteiger partial charge in [0.15, 0.2) is 5.78 Å². The molecule has 5 nitrogen and oxygen atoms in total. The highest BCUT2D eigenvalue weighted by Gasteiger charge is 2.25. The fraction of sp³-hybridized carbons (Fsp3) is 0.300. The minimum atomic E-state index is -0.822. The second kappa shape index (κ2) is 10.5. The summed E-state index contributed by atoms with van der Waals surface area (Å²) >= 11 is 6.07. The number of hydrogen-bond acceptors (Lipinski definition) is 5. The number of esters is 1. The van der Waals surface area contributed by atoms with Gasteiger partial charge in [0, 0.05) is 24.5 Å². The minimum absolute atomic E-state index is 0.0262. The molecular formula is C20H23ClO5. The normalized spacial score (nSPS) is 11.9. The Bertz CT molecular complexity index is 721. The number of ketones is 1. The molecule has 0 aliphatic rings. The van der Waals surface area contributed by atoms with Crippen LogP contribution in [0.5, 0.6) is 11.5 Å². The van der Waals surface area contributed by atoms with E-state index in [4.69, 9.17) is 16.3 Å². The van der Waals surface area contributed by atoms with Gasteiger partial charge in [-0.15, -0.1) is 13.2 Å². The largest absolute Gasteiger partial charge is 0.507 e. The van der Waals surface area contributed by atoms with Gasteiger partial charge in [0.05, 0.1) is 5.02 Å². The van der Waals surface area contributed by atoms with E-state index in [2.05, 4.69) is 13.2 Å². The van der Waals surface area contributed by atoms with Crippen LogP contribution in [0.3, 0.4) is 0 Å². The van der Waals surface area contributed by atoms with Gasteiger partial charge in [-0.3, -0.25) is 4.79 Å². The molecule has 0 aliphatic carbocycles. The van der Waals surface area contributed by atoms with Crippen molar-refractivity contribution < 1.29 is 24.5 Å². The number of carbonyl (C=O) groups excluding carboxylic acids is 2. The van der Waals surface area contributed by atoms with Crippen LogP contribution in [0.15, 0.2) is 43.5 Å². The number of halogens is 1. The molecule has 1 aromatic rings. The average molecular weight is 379 g/mol. The predicted molar refractivity (Wildman–Crippen MR) is 102 cm³/mol. The molecule has 0 aliphatic heterocycles. The van der Waals surface area contributed by atoms with E-state index in [1.54, 1.807) is 25.2 Å². The van der Waals surface area contributed by atoms with Crippen LogP contribution in [0.2, 0.25) is 5.02 Å². The Morgan fingerprint density at radius 3 is 2.54 bits per heavy atom. The number of allylic oxidation sites excluding steroid dienone is 3. The summed E-state index contributed by atoms with van der Waals surface area (Å²) in [5.41, 5.74) is -0.199. The monoisotopic (exact) mass is 378 g/mol. The molecule has 0 saturated heterocycles. The Morgan fingerprint density at radius 1 is 1.23 bits per heavy atom. The molecule has 0 heterocycles. The van der Waals surface area contributed by atoms with Crippen LogP contribution < -0.4 is 0 Å². The van der Waals surface area contributed by atoms with Crippen LogP contribution in [-0.4, -0.2) is 28.1 Å². The molecule has 0 amide bonds. The fourth-order valence-corrected chi connectivity index (χ4v) is 2.48. The molecular weight excluding hydrogens is 356 g/mol. The molecule has 0 bridgehead atoms. The summed E-state index contributed by atoms with van der Waals surface area (Å²) in [6.45, 7) is 8.84. The van der Waals surface area contributed by atoms with E-state index >= 15 is 0 Å². The maximum atomic E-state index is 12.4. The smallest absolute Gasteiger partial charge is 0.342 e. The van der Waals surface area contributed by atoms with E-state index in [-0.39, 0.29) is 28.4 Å². The van der Waals surface area contributed by atoms with Crippen molar-refractivity contribution in [1.82, 2.24) is 0 Å². The lowest BCUT2D eigenvalue weighted by molar-refractivity contribution is -0.114. The van der Waals surface area contributed by atoms with Crippen LogP contribution in [-0.2, 0) is 16.0 Å². The van der Waals surface area contributed by atoms with E-state index in [1.807, 2.05) is 0 Å². The molecule has 2 N–H and O–H groups in total. The zero-order valence-electron chi connectivity index (χ0n) is 14.7. The molecule has 1 rings (SSSR count). The van der Waals surface area contributed by atoms with Crippen LogP contribution in [0.4, 0.5) is 0 Å². The van der Waals surface area contributed by atoms with Crippen molar-refractivity contribution in [1.29, 1.82) is 0 Å². The summed E-state index contributed by atoms with van der Waals surface area (Å²) in [7, 11) is 0. The molecule has 6 heteroatoms. The number of unbranched alkanes of at least 4 members (excludes halogenated alkanes) is 1. The molecule has 0 unspecified atom stereocenters. The zero-order chi connectivity index (χ0) is 19.7. The summed E-state index contributed by atoms with van der Waals surface area (Å²) in [6.07, 6.45) is 7.48. The highest BCUT2D eigenvalue weighted by molar-refractivity contribution is 6.33. The quantitative estimate of drug-likeness (QED) is 0.271. The number of rotatable bonds is 10. The predicted octanol–water partition coefficient (Wildman–Crippen LogP) is 4.51. The minimum Gasteiger partial charge on any atom is -0.507 e. The number of ether oxygens (including phenoxy) is 1. The molecule has 1 atom stereocenters. The second-order valence-corrected chi connectivity index (χ2v) is 6.11. The lowest BCUT2D eigenvalue weighted by atomic mass is 10.00. The van der Waals surface area contributed by atoms with Crippen molar-refractivity contribution in [2.75, 3.05) is 0 Å². The maximum absolute atomic E-state index is 12.4. The van der Waals surface area contributed by atoms with Gasteiger partial charge in [-0.1, -0.05) is 29.8 Å². The summed E-state index contributed by atoms with van der Waals surface area (Å²) in [4.78, 5) is 24.6. The maximum Gasteiger partial charge on any atom is 0.342 e. The number of benzene rings is 1. The molecule has 0 aromatic heterocycles. The van der Waals surface area contributed by atoms with Gasteiger partial charge in [0.2, 0.25) is 0 Å². The van der Waals surface area contributed by atoms with Gasteiger partial charge in [0.1, 0.15) is 23.2 Å². The van der Waals surface area contributed by atoms with Crippen molar-refractivity contribution in [3.63, 3.8) is 0 Å². The first kappa shape index (κ1) is 21.5. The Kier molecular flexibility index (Phi) is 8.65. The summed E-state index contributed by atoms with van der Waals surface area (Å²) in [5.74, 6) is -2.06. The number of carbonyl (C=O) groups is 2. The molecule has 0 fully saturated rings. The Balaban J connectivity index is 3.14.